The van der Waals surface area contributed by atoms with Crippen LogP contribution in [0.1, 0.15) is 91.4 Å². The van der Waals surface area contributed by atoms with E-state index in [1.54, 1.807) is 0 Å². The van der Waals surface area contributed by atoms with Crippen molar-refractivity contribution in [3.05, 3.63) is 43.0 Å². The molecule has 0 aliphatic carbocycles. The monoisotopic (exact) mass is 607 g/mol. The van der Waals surface area contributed by atoms with E-state index >= 15 is 0 Å². The van der Waals surface area contributed by atoms with Crippen molar-refractivity contribution in [3.63, 3.8) is 0 Å². The van der Waals surface area contributed by atoms with Crippen molar-refractivity contribution < 1.29 is 47.4 Å². The Morgan fingerprint density at radius 2 is 1.33 bits per heavy atom. The molecule has 1 atom stereocenters. The highest BCUT2D eigenvalue weighted by molar-refractivity contribution is 5.87. The highest BCUT2D eigenvalue weighted by Gasteiger charge is 2.21. The van der Waals surface area contributed by atoms with E-state index in [0.29, 0.717) is 6.54 Å². The van der Waals surface area contributed by atoms with Crippen molar-refractivity contribution in [1.29, 1.82) is 0 Å². The maximum atomic E-state index is 12.4. The van der Waals surface area contributed by atoms with E-state index in [-0.39, 0.29) is 44.0 Å². The van der Waals surface area contributed by atoms with Gasteiger partial charge < -0.3 is 23.7 Å². The van der Waals surface area contributed by atoms with Gasteiger partial charge in [0.15, 0.2) is 6.10 Å². The number of aromatic nitrogens is 2. The summed E-state index contributed by atoms with van der Waals surface area (Å²) in [5, 5.41) is 0. The molecule has 0 N–H and O–H groups in total. The fourth-order valence-corrected chi connectivity index (χ4v) is 3.92. The summed E-state index contributed by atoms with van der Waals surface area (Å²) in [6.07, 6.45) is 16.7. The molecule has 11 heteroatoms. The first-order chi connectivity index (χ1) is 20.6. The van der Waals surface area contributed by atoms with E-state index in [4.69, 9.17) is 23.7 Å². The lowest BCUT2D eigenvalue weighted by molar-refractivity contribution is -0.696. The molecule has 11 nitrogen and oxygen atoms in total. The minimum atomic E-state index is -1.10. The second-order valence-corrected chi connectivity index (χ2v) is 10.6. The summed E-state index contributed by atoms with van der Waals surface area (Å²) >= 11 is 0. The average Bonchev–Trinajstić information content (AvgIpc) is 3.43. The number of rotatable bonds is 24. The molecule has 1 rings (SSSR count). The molecule has 43 heavy (non-hydrogen) atoms. The standard InChI is InChI=1S/C32H51N2O9/c1-6-7-8-9-10-11-12-13-14-15-17-33-19-20-34(25-33)18-16-29(35)41-23-28(24-42-31(37)27(4)5)43-32(38)40-22-21-39-30(36)26(2)3/h19-20,25,28H,2,4,6-18,21-24H2,1,3,5H3/q+1. The lowest BCUT2D eigenvalue weighted by Crippen LogP contribution is -2.32. The number of hydrogen-bond acceptors (Lipinski definition) is 9. The zero-order valence-corrected chi connectivity index (χ0v) is 26.3. The Morgan fingerprint density at radius 3 is 1.95 bits per heavy atom. The van der Waals surface area contributed by atoms with Gasteiger partial charge in [0.1, 0.15) is 45.4 Å². The van der Waals surface area contributed by atoms with E-state index in [0.717, 1.165) is 13.0 Å². The lowest BCUT2D eigenvalue weighted by atomic mass is 10.1. The SMILES string of the molecule is C=C(C)C(=O)OCCOC(=O)OC(COC(=O)CCn1cc[n+](CCCCCCCCCCCC)c1)COC(=O)C(=C)C. The molecule has 0 aliphatic heterocycles. The topological polar surface area (TPSA) is 123 Å². The summed E-state index contributed by atoms with van der Waals surface area (Å²) in [7, 11) is 0. The molecule has 242 valence electrons. The van der Waals surface area contributed by atoms with Crippen LogP contribution in [0.5, 0.6) is 0 Å². The number of carbonyl (C=O) groups excluding carboxylic acids is 4. The van der Waals surface area contributed by atoms with Crippen LogP contribution in [0.25, 0.3) is 0 Å². The molecule has 1 unspecified atom stereocenters. The quantitative estimate of drug-likeness (QED) is 0.0500. The van der Waals surface area contributed by atoms with Gasteiger partial charge in [0.05, 0.1) is 13.0 Å². The molecule has 0 amide bonds. The van der Waals surface area contributed by atoms with Crippen LogP contribution < -0.4 is 4.57 Å². The fourth-order valence-electron chi connectivity index (χ4n) is 3.92. The molecule has 0 bridgehead atoms. The Morgan fingerprint density at radius 1 is 0.767 bits per heavy atom. The minimum absolute atomic E-state index is 0.101. The molecular formula is C32H51N2O9+. The molecule has 1 heterocycles. The first kappa shape index (κ1) is 37.4. The highest BCUT2D eigenvalue weighted by atomic mass is 16.7. The van der Waals surface area contributed by atoms with Crippen LogP contribution in [0.3, 0.4) is 0 Å². The molecular weight excluding hydrogens is 556 g/mol. The zero-order valence-electron chi connectivity index (χ0n) is 26.3. The summed E-state index contributed by atoms with van der Waals surface area (Å²) in [5.41, 5.74) is 0.374. The van der Waals surface area contributed by atoms with Crippen LogP contribution in [0.15, 0.2) is 43.0 Å². The lowest BCUT2D eigenvalue weighted by Gasteiger charge is -2.17. The predicted octanol–water partition coefficient (Wildman–Crippen LogP) is 5.39. The van der Waals surface area contributed by atoms with Crippen LogP contribution in [0.4, 0.5) is 4.79 Å². The number of hydrogen-bond donors (Lipinski definition) is 0. The molecule has 0 saturated heterocycles. The number of ether oxygens (including phenoxy) is 5. The smallest absolute Gasteiger partial charge is 0.461 e. The summed E-state index contributed by atoms with van der Waals surface area (Å²) in [5.74, 6) is -1.80. The Balaban J connectivity index is 2.36. The van der Waals surface area contributed by atoms with E-state index in [1.807, 2.05) is 23.3 Å². The molecule has 1 aromatic heterocycles. The number of nitrogens with zero attached hydrogens (tertiary/aromatic N) is 2. The third-order valence-electron chi connectivity index (χ3n) is 6.42. The largest absolute Gasteiger partial charge is 0.508 e. The number of esters is 3. The first-order valence-corrected chi connectivity index (χ1v) is 15.3. The molecule has 0 spiro atoms. The zero-order chi connectivity index (χ0) is 31.9. The molecule has 1 aromatic rings. The van der Waals surface area contributed by atoms with E-state index < -0.39 is 30.2 Å². The van der Waals surface area contributed by atoms with Gasteiger partial charge in [0, 0.05) is 11.1 Å². The normalized spacial score (nSPS) is 11.3. The Hall–Kier alpha value is -3.63. The van der Waals surface area contributed by atoms with Crippen LogP contribution >= 0.6 is 0 Å². The van der Waals surface area contributed by atoms with Crippen molar-refractivity contribution in [2.75, 3.05) is 26.4 Å². The van der Waals surface area contributed by atoms with Crippen LogP contribution in [0, 0.1) is 0 Å². The van der Waals surface area contributed by atoms with Crippen molar-refractivity contribution in [1.82, 2.24) is 4.57 Å². The van der Waals surface area contributed by atoms with Gasteiger partial charge in [-0.05, 0) is 26.7 Å². The van der Waals surface area contributed by atoms with E-state index in [9.17, 15) is 19.2 Å². The predicted molar refractivity (Wildman–Crippen MR) is 160 cm³/mol. The van der Waals surface area contributed by atoms with E-state index in [2.05, 4.69) is 24.6 Å². The van der Waals surface area contributed by atoms with Gasteiger partial charge in [0.2, 0.25) is 6.33 Å². The maximum Gasteiger partial charge on any atom is 0.508 e. The van der Waals surface area contributed by atoms with Gasteiger partial charge in [-0.3, -0.25) is 4.79 Å². The Bertz CT molecular complexity index is 1020. The number of aryl methyl sites for hydroxylation is 2. The number of unbranched alkanes of at least 4 members (excludes halogenated alkanes) is 9. The second kappa shape index (κ2) is 22.9. The van der Waals surface area contributed by atoms with Crippen LogP contribution in [-0.4, -0.2) is 61.2 Å². The Labute approximate surface area is 256 Å². The van der Waals surface area contributed by atoms with Gasteiger partial charge in [-0.15, -0.1) is 0 Å². The molecule has 0 saturated carbocycles. The average molecular weight is 608 g/mol. The van der Waals surface area contributed by atoms with Gasteiger partial charge in [-0.25, -0.2) is 23.5 Å². The first-order valence-electron chi connectivity index (χ1n) is 15.3. The van der Waals surface area contributed by atoms with Gasteiger partial charge >= 0.3 is 24.1 Å². The molecule has 0 fully saturated rings. The third-order valence-corrected chi connectivity index (χ3v) is 6.42. The van der Waals surface area contributed by atoms with Crippen LogP contribution in [-0.2, 0) is 51.2 Å². The highest BCUT2D eigenvalue weighted by Crippen LogP contribution is 2.10. The third kappa shape index (κ3) is 19.2. The van der Waals surface area contributed by atoms with Gasteiger partial charge in [0.25, 0.3) is 0 Å². The van der Waals surface area contributed by atoms with Gasteiger partial charge in [-0.2, -0.15) is 0 Å². The summed E-state index contributed by atoms with van der Waals surface area (Å²) < 4.78 is 29.2. The van der Waals surface area contributed by atoms with Crippen LogP contribution in [0.2, 0.25) is 0 Å². The van der Waals surface area contributed by atoms with Crippen molar-refractivity contribution >= 4 is 24.1 Å². The maximum absolute atomic E-state index is 12.4. The number of carbonyl (C=O) groups is 4. The fraction of sp³-hybridized carbons (Fsp3) is 0.656. The molecule has 0 aliphatic rings. The second-order valence-electron chi connectivity index (χ2n) is 10.6. The van der Waals surface area contributed by atoms with Crippen molar-refractivity contribution in [2.45, 2.75) is 111 Å². The number of imidazole rings is 1. The van der Waals surface area contributed by atoms with Crippen molar-refractivity contribution in [2.24, 2.45) is 0 Å². The summed E-state index contributed by atoms with van der Waals surface area (Å²) in [6.45, 7) is 12.4. The van der Waals surface area contributed by atoms with Crippen molar-refractivity contribution in [3.8, 4) is 0 Å². The molecule has 0 radical (unpaired) electrons. The molecule has 0 aromatic carbocycles. The minimum Gasteiger partial charge on any atom is -0.461 e. The summed E-state index contributed by atoms with van der Waals surface area (Å²) in [4.78, 5) is 47.6. The Kier molecular flexibility index (Phi) is 19.9. The van der Waals surface area contributed by atoms with E-state index in [1.165, 1.54) is 71.6 Å². The summed E-state index contributed by atoms with van der Waals surface area (Å²) in [6, 6.07) is 0. The van der Waals surface area contributed by atoms with Gasteiger partial charge in [-0.1, -0.05) is 71.4 Å².